The molecule has 1 heterocycles. The summed E-state index contributed by atoms with van der Waals surface area (Å²) in [6.07, 6.45) is 1.48. The molecule has 1 N–H and O–H groups in total. The van der Waals surface area contributed by atoms with E-state index in [9.17, 15) is 4.79 Å². The summed E-state index contributed by atoms with van der Waals surface area (Å²) in [7, 11) is 0. The second-order valence-electron chi connectivity index (χ2n) is 5.72. The minimum Gasteiger partial charge on any atom is -0.267 e. The van der Waals surface area contributed by atoms with Crippen molar-refractivity contribution in [1.82, 2.24) is 15.2 Å². The lowest BCUT2D eigenvalue weighted by molar-refractivity contribution is 0.0955. The Morgan fingerprint density at radius 1 is 1.15 bits per heavy atom. The molecule has 0 atom stereocenters. The molecule has 0 radical (unpaired) electrons. The van der Waals surface area contributed by atoms with Crippen LogP contribution in [-0.2, 0) is 0 Å². The number of aromatic nitrogens is 2. The Bertz CT molecular complexity index is 981. The van der Waals surface area contributed by atoms with Gasteiger partial charge in [0.1, 0.15) is 5.15 Å². The molecule has 26 heavy (non-hydrogen) atoms. The first-order valence-electron chi connectivity index (χ1n) is 7.87. The predicted octanol–water partition coefficient (Wildman–Crippen LogP) is 4.56. The van der Waals surface area contributed by atoms with Crippen LogP contribution in [0.3, 0.4) is 0 Å². The molecule has 7 heteroatoms. The SMILES string of the molecule is Cc1ccc(C(=O)N/N=C\c2c(C)nn(-c3ccccc3)c2Cl)c(Cl)c1. The van der Waals surface area contributed by atoms with Crippen molar-refractivity contribution in [3.8, 4) is 5.69 Å². The molecular weight excluding hydrogens is 371 g/mol. The second kappa shape index (κ2) is 7.72. The number of hydrogen-bond donors (Lipinski definition) is 1. The normalized spacial score (nSPS) is 11.1. The summed E-state index contributed by atoms with van der Waals surface area (Å²) in [6, 6.07) is 14.7. The predicted molar refractivity (Wildman–Crippen MR) is 105 cm³/mol. The number of nitrogens with one attached hydrogen (secondary N) is 1. The first kappa shape index (κ1) is 18.2. The summed E-state index contributed by atoms with van der Waals surface area (Å²) < 4.78 is 1.62. The number of halogens is 2. The molecule has 0 aliphatic rings. The Morgan fingerprint density at radius 3 is 2.58 bits per heavy atom. The van der Waals surface area contributed by atoms with Gasteiger partial charge in [0.25, 0.3) is 5.91 Å². The Kier molecular flexibility index (Phi) is 5.40. The highest BCUT2D eigenvalue weighted by atomic mass is 35.5. The third-order valence-corrected chi connectivity index (χ3v) is 4.45. The number of para-hydroxylation sites is 1. The van der Waals surface area contributed by atoms with E-state index in [-0.39, 0.29) is 0 Å². The van der Waals surface area contributed by atoms with E-state index in [0.717, 1.165) is 11.3 Å². The molecule has 0 saturated heterocycles. The van der Waals surface area contributed by atoms with E-state index < -0.39 is 5.91 Å². The van der Waals surface area contributed by atoms with E-state index in [1.54, 1.807) is 16.8 Å². The van der Waals surface area contributed by atoms with Crippen LogP contribution in [-0.4, -0.2) is 21.9 Å². The first-order valence-corrected chi connectivity index (χ1v) is 8.63. The lowest BCUT2D eigenvalue weighted by atomic mass is 10.1. The van der Waals surface area contributed by atoms with Crippen molar-refractivity contribution in [2.75, 3.05) is 0 Å². The Labute approximate surface area is 161 Å². The van der Waals surface area contributed by atoms with Crippen LogP contribution in [0.15, 0.2) is 53.6 Å². The van der Waals surface area contributed by atoms with E-state index >= 15 is 0 Å². The summed E-state index contributed by atoms with van der Waals surface area (Å²) >= 11 is 12.5. The number of aryl methyl sites for hydroxylation is 2. The monoisotopic (exact) mass is 386 g/mol. The highest BCUT2D eigenvalue weighted by molar-refractivity contribution is 6.34. The maximum absolute atomic E-state index is 12.2. The maximum atomic E-state index is 12.2. The minimum absolute atomic E-state index is 0.359. The van der Waals surface area contributed by atoms with Gasteiger partial charge >= 0.3 is 0 Å². The molecule has 0 spiro atoms. The number of hydrazone groups is 1. The largest absolute Gasteiger partial charge is 0.272 e. The topological polar surface area (TPSA) is 59.3 Å². The second-order valence-corrected chi connectivity index (χ2v) is 6.48. The van der Waals surface area contributed by atoms with E-state index in [4.69, 9.17) is 23.2 Å². The molecule has 1 amide bonds. The summed E-state index contributed by atoms with van der Waals surface area (Å²) in [6.45, 7) is 3.73. The third kappa shape index (κ3) is 3.79. The molecule has 132 valence electrons. The van der Waals surface area contributed by atoms with Crippen LogP contribution in [0.1, 0.15) is 27.2 Å². The van der Waals surface area contributed by atoms with E-state index in [0.29, 0.717) is 27.0 Å². The Balaban J connectivity index is 1.79. The van der Waals surface area contributed by atoms with Gasteiger partial charge in [-0.1, -0.05) is 47.5 Å². The fourth-order valence-corrected chi connectivity index (χ4v) is 3.06. The molecular formula is C19H16Cl2N4O. The van der Waals surface area contributed by atoms with Gasteiger partial charge in [-0.2, -0.15) is 10.2 Å². The van der Waals surface area contributed by atoms with Crippen LogP contribution in [0.25, 0.3) is 5.69 Å². The number of amides is 1. The zero-order valence-electron chi connectivity index (χ0n) is 14.2. The van der Waals surface area contributed by atoms with Gasteiger partial charge in [0.2, 0.25) is 0 Å². The molecule has 0 fully saturated rings. The van der Waals surface area contributed by atoms with Crippen molar-refractivity contribution in [1.29, 1.82) is 0 Å². The van der Waals surface area contributed by atoms with E-state index in [1.165, 1.54) is 6.21 Å². The van der Waals surface area contributed by atoms with Gasteiger partial charge in [0.05, 0.1) is 33.7 Å². The van der Waals surface area contributed by atoms with Gasteiger partial charge in [-0.25, -0.2) is 10.1 Å². The van der Waals surface area contributed by atoms with Crippen LogP contribution in [0.5, 0.6) is 0 Å². The fraction of sp³-hybridized carbons (Fsp3) is 0.105. The van der Waals surface area contributed by atoms with Crippen molar-refractivity contribution in [3.05, 3.63) is 81.1 Å². The summed E-state index contributed by atoms with van der Waals surface area (Å²) in [5.41, 5.74) is 5.97. The summed E-state index contributed by atoms with van der Waals surface area (Å²) in [4.78, 5) is 12.2. The quantitative estimate of drug-likeness (QED) is 0.527. The number of carbonyl (C=O) groups is 1. The van der Waals surface area contributed by atoms with Gasteiger partial charge in [0, 0.05) is 0 Å². The average molecular weight is 387 g/mol. The fourth-order valence-electron chi connectivity index (χ4n) is 2.42. The molecule has 0 aliphatic carbocycles. The molecule has 0 saturated carbocycles. The molecule has 0 bridgehead atoms. The van der Waals surface area contributed by atoms with Crippen molar-refractivity contribution >= 4 is 35.3 Å². The molecule has 1 aromatic heterocycles. The number of hydrogen-bond acceptors (Lipinski definition) is 3. The lowest BCUT2D eigenvalue weighted by Gasteiger charge is -2.03. The number of benzene rings is 2. The van der Waals surface area contributed by atoms with Crippen molar-refractivity contribution < 1.29 is 4.79 Å². The van der Waals surface area contributed by atoms with Crippen molar-refractivity contribution in [3.63, 3.8) is 0 Å². The van der Waals surface area contributed by atoms with Gasteiger partial charge in [-0.05, 0) is 43.7 Å². The number of carbonyl (C=O) groups excluding carboxylic acids is 1. The van der Waals surface area contributed by atoms with Crippen LogP contribution in [0.2, 0.25) is 10.2 Å². The smallest absolute Gasteiger partial charge is 0.267 e. The lowest BCUT2D eigenvalue weighted by Crippen LogP contribution is -2.18. The summed E-state index contributed by atoms with van der Waals surface area (Å²) in [5.74, 6) is -0.393. The maximum Gasteiger partial charge on any atom is 0.272 e. The van der Waals surface area contributed by atoms with Crippen LogP contribution < -0.4 is 5.43 Å². The van der Waals surface area contributed by atoms with E-state index in [2.05, 4.69) is 15.6 Å². The van der Waals surface area contributed by atoms with Crippen LogP contribution in [0.4, 0.5) is 0 Å². The zero-order valence-corrected chi connectivity index (χ0v) is 15.7. The van der Waals surface area contributed by atoms with Gasteiger partial charge < -0.3 is 0 Å². The average Bonchev–Trinajstić information content (AvgIpc) is 2.90. The van der Waals surface area contributed by atoms with Crippen LogP contribution in [0, 0.1) is 13.8 Å². The first-order chi connectivity index (χ1) is 12.5. The minimum atomic E-state index is -0.393. The molecule has 0 aliphatic heterocycles. The van der Waals surface area contributed by atoms with Crippen molar-refractivity contribution in [2.24, 2.45) is 5.10 Å². The zero-order chi connectivity index (χ0) is 18.7. The molecule has 2 aromatic carbocycles. The third-order valence-electron chi connectivity index (χ3n) is 3.78. The molecule has 0 unspecified atom stereocenters. The number of rotatable bonds is 4. The van der Waals surface area contributed by atoms with Gasteiger partial charge in [-0.3, -0.25) is 4.79 Å². The van der Waals surface area contributed by atoms with Crippen molar-refractivity contribution in [2.45, 2.75) is 13.8 Å². The van der Waals surface area contributed by atoms with Gasteiger partial charge in [0.15, 0.2) is 0 Å². The standard InChI is InChI=1S/C19H16Cl2N4O/c1-12-8-9-15(17(20)10-12)19(26)23-22-11-16-13(2)24-25(18(16)21)14-6-4-3-5-7-14/h3-11H,1-2H3,(H,23,26)/b22-11-. The van der Waals surface area contributed by atoms with Gasteiger partial charge in [-0.15, -0.1) is 0 Å². The number of nitrogens with zero attached hydrogens (tertiary/aromatic N) is 3. The van der Waals surface area contributed by atoms with Crippen LogP contribution >= 0.6 is 23.2 Å². The Morgan fingerprint density at radius 2 is 1.88 bits per heavy atom. The molecule has 3 aromatic rings. The van der Waals surface area contributed by atoms with E-state index in [1.807, 2.05) is 50.2 Å². The highest BCUT2D eigenvalue weighted by Crippen LogP contribution is 2.22. The Hall–Kier alpha value is -2.63. The highest BCUT2D eigenvalue weighted by Gasteiger charge is 2.13. The summed E-state index contributed by atoms with van der Waals surface area (Å²) in [5, 5.41) is 9.20. The molecule has 5 nitrogen and oxygen atoms in total. The molecule has 3 rings (SSSR count).